The summed E-state index contributed by atoms with van der Waals surface area (Å²) in [5.74, 6) is 1.10. The van der Waals surface area contributed by atoms with Gasteiger partial charge in [-0.25, -0.2) is 4.98 Å². The normalized spacial score (nSPS) is 10.7. The first kappa shape index (κ1) is 12.8. The van der Waals surface area contributed by atoms with E-state index in [1.54, 1.807) is 0 Å². The van der Waals surface area contributed by atoms with Gasteiger partial charge in [-0.05, 0) is 25.1 Å². The Bertz CT molecular complexity index is 450. The van der Waals surface area contributed by atoms with Gasteiger partial charge in [0.25, 0.3) is 0 Å². The predicted octanol–water partition coefficient (Wildman–Crippen LogP) is 2.02. The molecule has 0 saturated carbocycles. The first-order valence-electron chi connectivity index (χ1n) is 6.50. The van der Waals surface area contributed by atoms with Gasteiger partial charge in [-0.3, -0.25) is 4.98 Å². The van der Waals surface area contributed by atoms with Gasteiger partial charge in [0, 0.05) is 37.3 Å². The maximum absolute atomic E-state index is 4.38. The zero-order valence-electron chi connectivity index (χ0n) is 10.8. The van der Waals surface area contributed by atoms with E-state index in [2.05, 4.69) is 32.8 Å². The lowest BCUT2D eigenvalue weighted by Crippen LogP contribution is -2.18. The predicted molar refractivity (Wildman–Crippen MR) is 72.2 cm³/mol. The molecule has 0 radical (unpaired) electrons. The molecule has 18 heavy (non-hydrogen) atoms. The van der Waals surface area contributed by atoms with Gasteiger partial charge in [-0.1, -0.05) is 13.0 Å². The Morgan fingerprint density at radius 2 is 2.17 bits per heavy atom. The van der Waals surface area contributed by atoms with Crippen molar-refractivity contribution >= 4 is 0 Å². The molecular weight excluding hydrogens is 224 g/mol. The number of hydrogen-bond acceptors (Lipinski definition) is 3. The summed E-state index contributed by atoms with van der Waals surface area (Å²) in [5, 5.41) is 3.38. The van der Waals surface area contributed by atoms with Crippen LogP contribution in [0.25, 0.3) is 0 Å². The van der Waals surface area contributed by atoms with Crippen LogP contribution in [0.3, 0.4) is 0 Å². The fourth-order valence-electron chi connectivity index (χ4n) is 1.87. The van der Waals surface area contributed by atoms with Crippen LogP contribution in [0.2, 0.25) is 0 Å². The zero-order valence-corrected chi connectivity index (χ0v) is 10.8. The first-order valence-corrected chi connectivity index (χ1v) is 6.50. The van der Waals surface area contributed by atoms with E-state index in [4.69, 9.17) is 0 Å². The van der Waals surface area contributed by atoms with Gasteiger partial charge in [-0.2, -0.15) is 0 Å². The number of nitrogens with one attached hydrogen (secondary N) is 1. The van der Waals surface area contributed by atoms with Crippen LogP contribution in [0, 0.1) is 0 Å². The molecule has 0 spiro atoms. The molecule has 0 unspecified atom stereocenters. The molecule has 0 amide bonds. The second-order valence-corrected chi connectivity index (χ2v) is 4.28. The van der Waals surface area contributed by atoms with Crippen LogP contribution < -0.4 is 5.32 Å². The summed E-state index contributed by atoms with van der Waals surface area (Å²) in [6.45, 7) is 4.97. The van der Waals surface area contributed by atoms with E-state index in [0.29, 0.717) is 0 Å². The number of nitrogens with zero attached hydrogens (tertiary/aromatic N) is 3. The first-order chi connectivity index (χ1) is 8.90. The molecule has 96 valence electrons. The average Bonchev–Trinajstić information content (AvgIpc) is 2.86. The quantitative estimate of drug-likeness (QED) is 0.758. The summed E-state index contributed by atoms with van der Waals surface area (Å²) in [6.07, 6.45) is 7.83. The van der Waals surface area contributed by atoms with Crippen LogP contribution in [0.4, 0.5) is 0 Å². The topological polar surface area (TPSA) is 42.7 Å². The highest BCUT2D eigenvalue weighted by atomic mass is 15.1. The number of hydrogen-bond donors (Lipinski definition) is 1. The fraction of sp³-hybridized carbons (Fsp3) is 0.429. The number of pyridine rings is 1. The van der Waals surface area contributed by atoms with E-state index in [0.717, 1.165) is 44.0 Å². The van der Waals surface area contributed by atoms with Gasteiger partial charge in [-0.15, -0.1) is 0 Å². The molecule has 2 heterocycles. The minimum Gasteiger partial charge on any atom is -0.333 e. The molecule has 0 fully saturated rings. The lowest BCUT2D eigenvalue weighted by Gasteiger charge is -2.08. The number of imidazole rings is 1. The molecule has 0 aliphatic heterocycles. The van der Waals surface area contributed by atoms with Crippen LogP contribution in [0.1, 0.15) is 24.9 Å². The summed E-state index contributed by atoms with van der Waals surface area (Å²) >= 11 is 0. The molecule has 0 aromatic carbocycles. The maximum Gasteiger partial charge on any atom is 0.122 e. The van der Waals surface area contributed by atoms with Crippen molar-refractivity contribution in [2.45, 2.75) is 32.9 Å². The monoisotopic (exact) mass is 244 g/mol. The summed E-state index contributed by atoms with van der Waals surface area (Å²) in [4.78, 5) is 8.71. The van der Waals surface area contributed by atoms with Crippen molar-refractivity contribution in [2.75, 3.05) is 6.54 Å². The molecule has 4 heteroatoms. The van der Waals surface area contributed by atoms with E-state index in [-0.39, 0.29) is 0 Å². The second kappa shape index (κ2) is 6.91. The number of aromatic nitrogens is 3. The van der Waals surface area contributed by atoms with Gasteiger partial charge in [0.1, 0.15) is 5.82 Å². The Balaban J connectivity index is 1.87. The minimum absolute atomic E-state index is 0.836. The van der Waals surface area contributed by atoms with Gasteiger partial charge in [0.05, 0.1) is 6.54 Å². The maximum atomic E-state index is 4.38. The van der Waals surface area contributed by atoms with Crippen molar-refractivity contribution in [3.8, 4) is 0 Å². The summed E-state index contributed by atoms with van der Waals surface area (Å²) in [7, 11) is 0. The summed E-state index contributed by atoms with van der Waals surface area (Å²) in [5.41, 5.74) is 1.12. The smallest absolute Gasteiger partial charge is 0.122 e. The SMILES string of the molecule is CCCNCc1nccn1CCc1ccccn1. The van der Waals surface area contributed by atoms with E-state index >= 15 is 0 Å². The van der Waals surface area contributed by atoms with Crippen LogP contribution in [-0.2, 0) is 19.5 Å². The average molecular weight is 244 g/mol. The van der Waals surface area contributed by atoms with Crippen LogP contribution >= 0.6 is 0 Å². The standard InChI is InChI=1S/C14H20N4/c1-2-7-15-12-14-17-9-11-18(14)10-6-13-5-3-4-8-16-13/h3-5,8-9,11,15H,2,6-7,10,12H2,1H3. The molecular formula is C14H20N4. The highest BCUT2D eigenvalue weighted by Gasteiger charge is 2.02. The molecule has 2 rings (SSSR count). The lowest BCUT2D eigenvalue weighted by atomic mass is 10.3. The van der Waals surface area contributed by atoms with Gasteiger partial charge in [0.2, 0.25) is 0 Å². The molecule has 2 aromatic rings. The highest BCUT2D eigenvalue weighted by molar-refractivity contribution is 5.04. The van der Waals surface area contributed by atoms with E-state index in [9.17, 15) is 0 Å². The van der Waals surface area contributed by atoms with Crippen LogP contribution in [0.5, 0.6) is 0 Å². The Morgan fingerprint density at radius 1 is 1.22 bits per heavy atom. The van der Waals surface area contributed by atoms with Crippen molar-refractivity contribution in [3.63, 3.8) is 0 Å². The largest absolute Gasteiger partial charge is 0.333 e. The molecule has 2 aromatic heterocycles. The Hall–Kier alpha value is -1.68. The summed E-state index contributed by atoms with van der Waals surface area (Å²) in [6, 6.07) is 6.03. The fourth-order valence-corrected chi connectivity index (χ4v) is 1.87. The van der Waals surface area contributed by atoms with Gasteiger partial charge >= 0.3 is 0 Å². The zero-order chi connectivity index (χ0) is 12.6. The van der Waals surface area contributed by atoms with E-state index < -0.39 is 0 Å². The van der Waals surface area contributed by atoms with Gasteiger partial charge < -0.3 is 9.88 Å². The molecule has 4 nitrogen and oxygen atoms in total. The highest BCUT2D eigenvalue weighted by Crippen LogP contribution is 2.02. The van der Waals surface area contributed by atoms with Crippen molar-refractivity contribution in [1.82, 2.24) is 19.9 Å². The Kier molecular flexibility index (Phi) is 4.90. The number of aryl methyl sites for hydroxylation is 2. The molecule has 1 N–H and O–H groups in total. The Morgan fingerprint density at radius 3 is 2.94 bits per heavy atom. The third-order valence-corrected chi connectivity index (χ3v) is 2.85. The van der Waals surface area contributed by atoms with Crippen molar-refractivity contribution in [3.05, 3.63) is 48.3 Å². The molecule has 0 aliphatic carbocycles. The molecule has 0 bridgehead atoms. The lowest BCUT2D eigenvalue weighted by molar-refractivity contribution is 0.589. The number of rotatable bonds is 7. The molecule has 0 aliphatic rings. The van der Waals surface area contributed by atoms with Crippen molar-refractivity contribution in [1.29, 1.82) is 0 Å². The third-order valence-electron chi connectivity index (χ3n) is 2.85. The minimum atomic E-state index is 0.836. The van der Waals surface area contributed by atoms with Crippen molar-refractivity contribution in [2.24, 2.45) is 0 Å². The molecule has 0 saturated heterocycles. The van der Waals surface area contributed by atoms with Crippen LogP contribution in [0.15, 0.2) is 36.8 Å². The third kappa shape index (κ3) is 3.67. The second-order valence-electron chi connectivity index (χ2n) is 4.28. The Labute approximate surface area is 108 Å². The van der Waals surface area contributed by atoms with E-state index in [1.165, 1.54) is 0 Å². The van der Waals surface area contributed by atoms with E-state index in [1.807, 2.05) is 30.7 Å². The van der Waals surface area contributed by atoms with Gasteiger partial charge in [0.15, 0.2) is 0 Å². The van der Waals surface area contributed by atoms with Crippen LogP contribution in [-0.4, -0.2) is 21.1 Å². The summed E-state index contributed by atoms with van der Waals surface area (Å²) < 4.78 is 2.19. The van der Waals surface area contributed by atoms with Crippen molar-refractivity contribution < 1.29 is 0 Å². The molecule has 0 atom stereocenters.